The van der Waals surface area contributed by atoms with Crippen LogP contribution in [0.1, 0.15) is 45.7 Å². The number of rotatable bonds is 1. The van der Waals surface area contributed by atoms with Gasteiger partial charge >= 0.3 is 6.03 Å². The van der Waals surface area contributed by atoms with Gasteiger partial charge in [-0.25, -0.2) is 14.7 Å². The van der Waals surface area contributed by atoms with Crippen LogP contribution in [-0.4, -0.2) is 22.8 Å². The highest BCUT2D eigenvalue weighted by molar-refractivity contribution is 7.14. The van der Waals surface area contributed by atoms with Gasteiger partial charge < -0.3 is 0 Å². The van der Waals surface area contributed by atoms with Crippen LogP contribution in [-0.2, 0) is 15.0 Å². The van der Waals surface area contributed by atoms with Crippen LogP contribution in [0.2, 0.25) is 0 Å². The van der Waals surface area contributed by atoms with Gasteiger partial charge in [0, 0.05) is 10.8 Å². The SMILES string of the molecule is CC(C)(C)c1csc(N2C(=O)NC(=O)C3(CCC3)C2=O)n1. The van der Waals surface area contributed by atoms with Crippen LogP contribution in [0.15, 0.2) is 5.38 Å². The Labute approximate surface area is 126 Å². The molecule has 1 spiro atoms. The molecule has 1 saturated heterocycles. The Morgan fingerprint density at radius 1 is 1.29 bits per heavy atom. The fraction of sp³-hybridized carbons (Fsp3) is 0.571. The first-order valence-electron chi connectivity index (χ1n) is 6.92. The number of carbonyl (C=O) groups excluding carboxylic acids is 3. The third-order valence-electron chi connectivity index (χ3n) is 4.13. The van der Waals surface area contributed by atoms with Crippen molar-refractivity contribution >= 4 is 34.3 Å². The summed E-state index contributed by atoms with van der Waals surface area (Å²) in [5, 5.41) is 4.47. The molecule has 112 valence electrons. The van der Waals surface area contributed by atoms with Crippen molar-refractivity contribution in [1.29, 1.82) is 0 Å². The van der Waals surface area contributed by atoms with E-state index in [0.717, 1.165) is 17.0 Å². The van der Waals surface area contributed by atoms with Crippen molar-refractivity contribution in [2.24, 2.45) is 5.41 Å². The lowest BCUT2D eigenvalue weighted by Gasteiger charge is -2.43. The maximum Gasteiger partial charge on any atom is 0.337 e. The van der Waals surface area contributed by atoms with Gasteiger partial charge in [0.25, 0.3) is 5.91 Å². The van der Waals surface area contributed by atoms with Gasteiger partial charge in [-0.3, -0.25) is 14.9 Å². The maximum absolute atomic E-state index is 12.6. The van der Waals surface area contributed by atoms with Crippen LogP contribution in [0.4, 0.5) is 9.93 Å². The van der Waals surface area contributed by atoms with Crippen LogP contribution < -0.4 is 10.2 Å². The van der Waals surface area contributed by atoms with E-state index in [9.17, 15) is 14.4 Å². The second kappa shape index (κ2) is 4.37. The molecule has 1 N–H and O–H groups in total. The average Bonchev–Trinajstić information content (AvgIpc) is 2.75. The normalized spacial score (nSPS) is 21.5. The highest BCUT2D eigenvalue weighted by Gasteiger charge is 2.58. The van der Waals surface area contributed by atoms with Crippen molar-refractivity contribution in [3.05, 3.63) is 11.1 Å². The van der Waals surface area contributed by atoms with E-state index in [1.54, 1.807) is 0 Å². The zero-order chi connectivity index (χ0) is 15.4. The summed E-state index contributed by atoms with van der Waals surface area (Å²) in [6.45, 7) is 6.04. The summed E-state index contributed by atoms with van der Waals surface area (Å²) >= 11 is 1.25. The molecule has 1 aliphatic heterocycles. The molecule has 2 fully saturated rings. The second-order valence-electron chi connectivity index (χ2n) is 6.60. The van der Waals surface area contributed by atoms with Gasteiger partial charge in [-0.05, 0) is 12.8 Å². The van der Waals surface area contributed by atoms with Crippen molar-refractivity contribution < 1.29 is 14.4 Å². The summed E-state index contributed by atoms with van der Waals surface area (Å²) < 4.78 is 0. The smallest absolute Gasteiger partial charge is 0.276 e. The molecule has 1 aromatic heterocycles. The van der Waals surface area contributed by atoms with E-state index in [0.29, 0.717) is 18.0 Å². The van der Waals surface area contributed by atoms with Crippen LogP contribution in [0.3, 0.4) is 0 Å². The van der Waals surface area contributed by atoms with E-state index < -0.39 is 23.3 Å². The molecule has 21 heavy (non-hydrogen) atoms. The number of carbonyl (C=O) groups is 3. The lowest BCUT2D eigenvalue weighted by atomic mass is 9.66. The van der Waals surface area contributed by atoms with Gasteiger partial charge in [0.05, 0.1) is 5.69 Å². The number of anilines is 1. The van der Waals surface area contributed by atoms with E-state index in [4.69, 9.17) is 0 Å². The fourth-order valence-electron chi connectivity index (χ4n) is 2.53. The average molecular weight is 307 g/mol. The van der Waals surface area contributed by atoms with E-state index in [1.165, 1.54) is 11.3 Å². The van der Waals surface area contributed by atoms with Crippen LogP contribution in [0.25, 0.3) is 0 Å². The second-order valence-corrected chi connectivity index (χ2v) is 7.44. The van der Waals surface area contributed by atoms with Gasteiger partial charge in [-0.15, -0.1) is 11.3 Å². The quantitative estimate of drug-likeness (QED) is 0.807. The summed E-state index contributed by atoms with van der Waals surface area (Å²) in [6, 6.07) is -0.697. The predicted octanol–water partition coefficient (Wildman–Crippen LogP) is 2.19. The molecule has 0 atom stereocenters. The molecule has 2 heterocycles. The molecule has 2 aliphatic rings. The van der Waals surface area contributed by atoms with Crippen LogP contribution in [0, 0.1) is 5.41 Å². The van der Waals surface area contributed by atoms with E-state index in [1.807, 2.05) is 26.2 Å². The van der Waals surface area contributed by atoms with Crippen molar-refractivity contribution in [3.8, 4) is 0 Å². The topological polar surface area (TPSA) is 79.4 Å². The van der Waals surface area contributed by atoms with Gasteiger partial charge in [0.2, 0.25) is 11.0 Å². The van der Waals surface area contributed by atoms with E-state index in [2.05, 4.69) is 10.3 Å². The standard InChI is InChI=1S/C14H17N3O3S/c1-13(2,3)8-7-21-12(15-8)17-10(19)14(5-4-6-14)9(18)16-11(17)20/h7H,4-6H2,1-3H3,(H,16,18,20). The fourth-order valence-corrected chi connectivity index (χ4v) is 3.58. The number of imide groups is 2. The Morgan fingerprint density at radius 2 is 1.95 bits per heavy atom. The van der Waals surface area contributed by atoms with Gasteiger partial charge in [-0.1, -0.05) is 27.2 Å². The van der Waals surface area contributed by atoms with E-state index >= 15 is 0 Å². The van der Waals surface area contributed by atoms with Gasteiger partial charge in [-0.2, -0.15) is 0 Å². The molecule has 7 heteroatoms. The number of barbiturate groups is 1. The Bertz CT molecular complexity index is 640. The molecule has 0 radical (unpaired) electrons. The van der Waals surface area contributed by atoms with Gasteiger partial charge in [0.15, 0.2) is 0 Å². The summed E-state index contributed by atoms with van der Waals surface area (Å²) in [5.74, 6) is -0.898. The number of thiazole rings is 1. The Balaban J connectivity index is 1.97. The highest BCUT2D eigenvalue weighted by Crippen LogP contribution is 2.45. The molecule has 0 aromatic carbocycles. The number of hydrogen-bond donors (Lipinski definition) is 1. The minimum Gasteiger partial charge on any atom is -0.276 e. The van der Waals surface area contributed by atoms with E-state index in [-0.39, 0.29) is 5.41 Å². The number of nitrogens with zero attached hydrogens (tertiary/aromatic N) is 2. The molecule has 1 saturated carbocycles. The molecule has 4 amide bonds. The third-order valence-corrected chi connectivity index (χ3v) is 4.96. The Morgan fingerprint density at radius 3 is 2.43 bits per heavy atom. The maximum atomic E-state index is 12.6. The van der Waals surface area contributed by atoms with Crippen LogP contribution >= 0.6 is 11.3 Å². The minimum atomic E-state index is -1.05. The summed E-state index contributed by atoms with van der Waals surface area (Å²) in [4.78, 5) is 42.1. The molecular weight excluding hydrogens is 290 g/mol. The summed E-state index contributed by atoms with van der Waals surface area (Å²) in [5.41, 5.74) is -0.391. The lowest BCUT2D eigenvalue weighted by Crippen LogP contribution is -2.66. The third kappa shape index (κ3) is 1.98. The molecular formula is C14H17N3O3S. The number of hydrogen-bond acceptors (Lipinski definition) is 5. The molecule has 6 nitrogen and oxygen atoms in total. The minimum absolute atomic E-state index is 0.159. The van der Waals surface area contributed by atoms with Gasteiger partial charge in [0.1, 0.15) is 5.41 Å². The largest absolute Gasteiger partial charge is 0.337 e. The number of aromatic nitrogens is 1. The summed E-state index contributed by atoms with van der Waals surface area (Å²) in [6.07, 6.45) is 1.82. The monoisotopic (exact) mass is 307 g/mol. The number of amides is 4. The first-order valence-corrected chi connectivity index (χ1v) is 7.80. The molecule has 1 aromatic rings. The predicted molar refractivity (Wildman–Crippen MR) is 78.1 cm³/mol. The number of nitrogens with one attached hydrogen (secondary N) is 1. The molecule has 1 aliphatic carbocycles. The Hall–Kier alpha value is -1.76. The number of urea groups is 1. The van der Waals surface area contributed by atoms with Crippen LogP contribution in [0.5, 0.6) is 0 Å². The zero-order valence-corrected chi connectivity index (χ0v) is 13.0. The molecule has 0 unspecified atom stereocenters. The summed E-state index contributed by atoms with van der Waals surface area (Å²) in [7, 11) is 0. The van der Waals surface area contributed by atoms with Crippen molar-refractivity contribution in [1.82, 2.24) is 10.3 Å². The van der Waals surface area contributed by atoms with Crippen molar-refractivity contribution in [3.63, 3.8) is 0 Å². The molecule has 3 rings (SSSR count). The first-order chi connectivity index (χ1) is 9.75. The van der Waals surface area contributed by atoms with Crippen molar-refractivity contribution in [2.45, 2.75) is 45.4 Å². The highest BCUT2D eigenvalue weighted by atomic mass is 32.1. The molecule has 0 bridgehead atoms. The zero-order valence-electron chi connectivity index (χ0n) is 12.2. The van der Waals surface area contributed by atoms with Crippen molar-refractivity contribution in [2.75, 3.05) is 4.90 Å². The lowest BCUT2D eigenvalue weighted by molar-refractivity contribution is -0.148. The Kier molecular flexibility index (Phi) is 2.95. The first kappa shape index (κ1) is 14.2.